The predicted molar refractivity (Wildman–Crippen MR) is 113 cm³/mol. The molecule has 3 rings (SSSR count). The first kappa shape index (κ1) is 22.7. The van der Waals surface area contributed by atoms with Crippen molar-refractivity contribution in [3.63, 3.8) is 0 Å². The summed E-state index contributed by atoms with van der Waals surface area (Å²) in [4.78, 5) is 12.0. The van der Waals surface area contributed by atoms with Crippen LogP contribution >= 0.6 is 11.8 Å². The molecule has 2 aromatic rings. The lowest BCUT2D eigenvalue weighted by molar-refractivity contribution is -0.115. The first-order valence-electron chi connectivity index (χ1n) is 8.91. The Labute approximate surface area is 179 Å². The zero-order chi connectivity index (χ0) is 21.8. The third-order valence-corrected chi connectivity index (χ3v) is 8.57. The van der Waals surface area contributed by atoms with Gasteiger partial charge in [-0.3, -0.25) is 4.79 Å². The van der Waals surface area contributed by atoms with Crippen LogP contribution in [0.4, 0.5) is 10.1 Å². The monoisotopic (exact) mass is 473 g/mol. The quantitative estimate of drug-likeness (QED) is 0.630. The normalized spacial score (nSPS) is 15.6. The molecule has 1 amide bonds. The molecule has 2 N–H and O–H groups in total. The van der Waals surface area contributed by atoms with Crippen molar-refractivity contribution in [2.24, 2.45) is 0 Å². The number of hydrogen-bond donors (Lipinski definition) is 2. The average Bonchev–Trinajstić information content (AvgIpc) is 2.74. The summed E-state index contributed by atoms with van der Waals surface area (Å²) < 4.78 is 66.0. The van der Waals surface area contributed by atoms with E-state index >= 15 is 0 Å². The van der Waals surface area contributed by atoms with Gasteiger partial charge < -0.3 is 5.32 Å². The van der Waals surface area contributed by atoms with Crippen molar-refractivity contribution in [2.75, 3.05) is 36.5 Å². The molecule has 2 aromatic carbocycles. The fourth-order valence-electron chi connectivity index (χ4n) is 2.71. The van der Waals surface area contributed by atoms with Gasteiger partial charge in [-0.25, -0.2) is 25.9 Å². The largest absolute Gasteiger partial charge is 0.325 e. The highest BCUT2D eigenvalue weighted by molar-refractivity contribution is 7.99. The lowest BCUT2D eigenvalue weighted by Gasteiger charge is -2.25. The molecule has 30 heavy (non-hydrogen) atoms. The van der Waals surface area contributed by atoms with Crippen LogP contribution in [0.3, 0.4) is 0 Å². The Morgan fingerprint density at radius 1 is 0.933 bits per heavy atom. The van der Waals surface area contributed by atoms with Gasteiger partial charge >= 0.3 is 0 Å². The minimum Gasteiger partial charge on any atom is -0.325 e. The molecule has 0 unspecified atom stereocenters. The molecule has 0 spiro atoms. The van der Waals surface area contributed by atoms with Gasteiger partial charge in [-0.1, -0.05) is 0 Å². The molecule has 0 aliphatic carbocycles. The van der Waals surface area contributed by atoms with Gasteiger partial charge in [0.15, 0.2) is 0 Å². The standard InChI is InChI=1S/C18H20FN3O5S3/c19-14-1-5-16(6-2-14)29(24,25)20-13-18(23)21-15-3-7-17(8-4-15)30(26,27)22-9-11-28-12-10-22/h1-8,20H,9-13H2,(H,21,23). The number of nitrogens with one attached hydrogen (secondary N) is 2. The summed E-state index contributed by atoms with van der Waals surface area (Å²) in [5.41, 5.74) is 0.328. The highest BCUT2D eigenvalue weighted by Gasteiger charge is 2.26. The number of sulfonamides is 2. The van der Waals surface area contributed by atoms with Gasteiger partial charge in [-0.15, -0.1) is 0 Å². The number of hydrogen-bond acceptors (Lipinski definition) is 6. The Morgan fingerprint density at radius 3 is 2.10 bits per heavy atom. The van der Waals surface area contributed by atoms with E-state index in [2.05, 4.69) is 10.0 Å². The molecule has 0 atom stereocenters. The Bertz CT molecular complexity index is 1100. The van der Waals surface area contributed by atoms with Crippen molar-refractivity contribution in [3.05, 3.63) is 54.3 Å². The number of thioether (sulfide) groups is 1. The van der Waals surface area contributed by atoms with Crippen LogP contribution in [0.25, 0.3) is 0 Å². The molecule has 0 bridgehead atoms. The fourth-order valence-corrected chi connectivity index (χ4v) is 6.27. The van der Waals surface area contributed by atoms with Gasteiger partial charge in [0.05, 0.1) is 16.3 Å². The maximum absolute atomic E-state index is 12.9. The number of carbonyl (C=O) groups is 1. The van der Waals surface area contributed by atoms with Gasteiger partial charge in [0.25, 0.3) is 0 Å². The molecular weight excluding hydrogens is 453 g/mol. The molecule has 1 saturated heterocycles. The summed E-state index contributed by atoms with van der Waals surface area (Å²) >= 11 is 1.71. The minimum absolute atomic E-state index is 0.129. The number of anilines is 1. The average molecular weight is 474 g/mol. The first-order valence-corrected chi connectivity index (χ1v) is 13.0. The number of carbonyl (C=O) groups excluding carboxylic acids is 1. The molecule has 0 radical (unpaired) electrons. The molecular formula is C18H20FN3O5S3. The molecule has 1 fully saturated rings. The maximum atomic E-state index is 12.9. The summed E-state index contributed by atoms with van der Waals surface area (Å²) in [6, 6.07) is 9.88. The summed E-state index contributed by atoms with van der Waals surface area (Å²) in [5, 5.41) is 2.50. The molecule has 1 aliphatic heterocycles. The van der Waals surface area contributed by atoms with Gasteiger partial charge in [-0.05, 0) is 48.5 Å². The third kappa shape index (κ3) is 5.58. The van der Waals surface area contributed by atoms with E-state index in [1.54, 1.807) is 11.8 Å². The summed E-state index contributed by atoms with van der Waals surface area (Å²) in [6.07, 6.45) is 0. The van der Waals surface area contributed by atoms with Gasteiger partial charge in [-0.2, -0.15) is 16.1 Å². The fraction of sp³-hybridized carbons (Fsp3) is 0.278. The third-order valence-electron chi connectivity index (χ3n) is 4.29. The molecule has 0 saturated carbocycles. The summed E-state index contributed by atoms with van der Waals surface area (Å²) in [6.45, 7) is 0.380. The summed E-state index contributed by atoms with van der Waals surface area (Å²) in [7, 11) is -7.55. The second-order valence-corrected chi connectivity index (χ2v) is 11.3. The number of nitrogens with zero attached hydrogens (tertiary/aromatic N) is 1. The number of benzene rings is 2. The van der Waals surface area contributed by atoms with Crippen LogP contribution in [-0.2, 0) is 24.8 Å². The van der Waals surface area contributed by atoms with Crippen molar-refractivity contribution in [3.8, 4) is 0 Å². The van der Waals surface area contributed by atoms with Crippen LogP contribution in [0.5, 0.6) is 0 Å². The minimum atomic E-state index is -3.97. The Balaban J connectivity index is 1.58. The SMILES string of the molecule is O=C(CNS(=O)(=O)c1ccc(F)cc1)Nc1ccc(S(=O)(=O)N2CCSCC2)cc1. The van der Waals surface area contributed by atoms with E-state index in [9.17, 15) is 26.0 Å². The van der Waals surface area contributed by atoms with Gasteiger partial charge in [0, 0.05) is 30.3 Å². The van der Waals surface area contributed by atoms with Crippen LogP contribution in [0.2, 0.25) is 0 Å². The number of amides is 1. The number of rotatable bonds is 7. The van der Waals surface area contributed by atoms with E-state index in [1.165, 1.54) is 28.6 Å². The molecule has 162 valence electrons. The van der Waals surface area contributed by atoms with Crippen molar-refractivity contribution in [2.45, 2.75) is 9.79 Å². The lowest BCUT2D eigenvalue weighted by atomic mass is 10.3. The topological polar surface area (TPSA) is 113 Å². The van der Waals surface area contributed by atoms with Crippen LogP contribution in [0, 0.1) is 5.82 Å². The Morgan fingerprint density at radius 2 is 1.50 bits per heavy atom. The van der Waals surface area contributed by atoms with Crippen LogP contribution in [0.15, 0.2) is 58.3 Å². The van der Waals surface area contributed by atoms with Crippen molar-refractivity contribution < 1.29 is 26.0 Å². The molecule has 1 aliphatic rings. The highest BCUT2D eigenvalue weighted by atomic mass is 32.2. The predicted octanol–water partition coefficient (Wildman–Crippen LogP) is 1.48. The van der Waals surface area contributed by atoms with Crippen LogP contribution < -0.4 is 10.0 Å². The van der Waals surface area contributed by atoms with E-state index in [0.29, 0.717) is 18.8 Å². The Kier molecular flexibility index (Phi) is 7.14. The zero-order valence-corrected chi connectivity index (χ0v) is 18.2. The van der Waals surface area contributed by atoms with Crippen LogP contribution in [0.1, 0.15) is 0 Å². The van der Waals surface area contributed by atoms with E-state index < -0.39 is 38.3 Å². The van der Waals surface area contributed by atoms with Crippen molar-refractivity contribution in [1.29, 1.82) is 0 Å². The van der Waals surface area contributed by atoms with E-state index in [0.717, 1.165) is 35.8 Å². The van der Waals surface area contributed by atoms with Gasteiger partial charge in [0.1, 0.15) is 5.82 Å². The van der Waals surface area contributed by atoms with Crippen LogP contribution in [-0.4, -0.2) is 58.2 Å². The second kappa shape index (κ2) is 9.43. The van der Waals surface area contributed by atoms with E-state index in [-0.39, 0.29) is 9.79 Å². The molecule has 0 aromatic heterocycles. The van der Waals surface area contributed by atoms with E-state index in [4.69, 9.17) is 0 Å². The van der Waals surface area contributed by atoms with E-state index in [1.807, 2.05) is 0 Å². The molecule has 8 nitrogen and oxygen atoms in total. The number of halogens is 1. The Hall–Kier alpha value is -1.99. The zero-order valence-electron chi connectivity index (χ0n) is 15.7. The highest BCUT2D eigenvalue weighted by Crippen LogP contribution is 2.21. The van der Waals surface area contributed by atoms with Gasteiger partial charge in [0.2, 0.25) is 26.0 Å². The maximum Gasteiger partial charge on any atom is 0.243 e. The van der Waals surface area contributed by atoms with Crippen molar-refractivity contribution in [1.82, 2.24) is 9.03 Å². The van der Waals surface area contributed by atoms with Crippen molar-refractivity contribution >= 4 is 43.4 Å². The smallest absolute Gasteiger partial charge is 0.243 e. The first-order chi connectivity index (χ1) is 14.2. The second-order valence-electron chi connectivity index (χ2n) is 6.37. The summed E-state index contributed by atoms with van der Waals surface area (Å²) in [5.74, 6) is 0.295. The molecule has 12 heteroatoms. The lowest BCUT2D eigenvalue weighted by Crippen LogP contribution is -2.37. The molecule has 1 heterocycles.